The van der Waals surface area contributed by atoms with Crippen molar-refractivity contribution in [2.45, 2.75) is 44.6 Å². The summed E-state index contributed by atoms with van der Waals surface area (Å²) < 4.78 is 0. The van der Waals surface area contributed by atoms with Gasteiger partial charge >= 0.3 is 0 Å². The molecule has 0 bridgehead atoms. The molecule has 0 unspecified atom stereocenters. The Bertz CT molecular complexity index is 431. The number of nitrogens with zero attached hydrogens (tertiary/aromatic N) is 1. The van der Waals surface area contributed by atoms with Gasteiger partial charge in [-0.3, -0.25) is 0 Å². The van der Waals surface area contributed by atoms with Gasteiger partial charge in [0.15, 0.2) is 0 Å². The highest BCUT2D eigenvalue weighted by molar-refractivity contribution is 6.30. The van der Waals surface area contributed by atoms with Gasteiger partial charge in [-0.25, -0.2) is 0 Å². The number of likely N-dealkylation sites (tertiary alicyclic amines) is 1. The number of benzene rings is 1. The molecule has 1 aliphatic carbocycles. The summed E-state index contributed by atoms with van der Waals surface area (Å²) in [5, 5.41) is 4.63. The number of nitrogens with one attached hydrogen (secondary N) is 1. The topological polar surface area (TPSA) is 15.3 Å². The van der Waals surface area contributed by atoms with E-state index in [1.807, 2.05) is 12.1 Å². The summed E-state index contributed by atoms with van der Waals surface area (Å²) >= 11 is 5.95. The van der Waals surface area contributed by atoms with Gasteiger partial charge in [-0.05, 0) is 81.4 Å². The van der Waals surface area contributed by atoms with Crippen molar-refractivity contribution in [3.63, 3.8) is 0 Å². The van der Waals surface area contributed by atoms with Gasteiger partial charge in [-0.1, -0.05) is 30.7 Å². The van der Waals surface area contributed by atoms with Crippen LogP contribution >= 0.6 is 11.6 Å². The third kappa shape index (κ3) is 4.00. The fourth-order valence-corrected chi connectivity index (χ4v) is 3.76. The predicted molar refractivity (Wildman–Crippen MR) is 90.1 cm³/mol. The van der Waals surface area contributed by atoms with Gasteiger partial charge in [0.05, 0.1) is 0 Å². The van der Waals surface area contributed by atoms with Gasteiger partial charge in [-0.15, -0.1) is 0 Å². The van der Waals surface area contributed by atoms with E-state index in [0.717, 1.165) is 22.9 Å². The van der Waals surface area contributed by atoms with E-state index in [1.165, 1.54) is 57.4 Å². The molecule has 0 amide bonds. The molecule has 1 aromatic carbocycles. The Morgan fingerprint density at radius 3 is 2.43 bits per heavy atom. The summed E-state index contributed by atoms with van der Waals surface area (Å²) in [6.07, 6.45) is 5.31. The fraction of sp³-hybridized carbons (Fsp3) is 0.667. The van der Waals surface area contributed by atoms with E-state index in [-0.39, 0.29) is 0 Å². The second-order valence-corrected chi connectivity index (χ2v) is 7.14. The maximum absolute atomic E-state index is 5.95. The van der Waals surface area contributed by atoms with Gasteiger partial charge in [0.2, 0.25) is 0 Å². The van der Waals surface area contributed by atoms with Crippen LogP contribution in [0.4, 0.5) is 0 Å². The van der Waals surface area contributed by atoms with E-state index in [2.05, 4.69) is 29.3 Å². The van der Waals surface area contributed by atoms with Crippen molar-refractivity contribution in [3.8, 4) is 0 Å². The first-order chi connectivity index (χ1) is 10.2. The van der Waals surface area contributed by atoms with Crippen LogP contribution in [-0.2, 0) is 0 Å². The van der Waals surface area contributed by atoms with Crippen molar-refractivity contribution >= 4 is 11.6 Å². The SMILES string of the molecule is CCN1CCC(CNC2CC(c3ccc(Cl)cc3)C2)CC1. The van der Waals surface area contributed by atoms with Crippen LogP contribution in [0, 0.1) is 5.92 Å². The summed E-state index contributed by atoms with van der Waals surface area (Å²) in [6, 6.07) is 9.13. The van der Waals surface area contributed by atoms with Gasteiger partial charge in [0, 0.05) is 11.1 Å². The Hall–Kier alpha value is -0.570. The molecule has 2 nitrogen and oxygen atoms in total. The molecule has 1 N–H and O–H groups in total. The zero-order valence-corrected chi connectivity index (χ0v) is 13.8. The minimum Gasteiger partial charge on any atom is -0.314 e. The molecule has 0 radical (unpaired) electrons. The molecule has 1 aromatic rings. The lowest BCUT2D eigenvalue weighted by molar-refractivity contribution is 0.179. The Kier molecular flexibility index (Phi) is 5.20. The number of hydrogen-bond acceptors (Lipinski definition) is 2. The van der Waals surface area contributed by atoms with Crippen molar-refractivity contribution in [1.82, 2.24) is 10.2 Å². The normalized spacial score (nSPS) is 27.5. The zero-order chi connectivity index (χ0) is 14.7. The second kappa shape index (κ2) is 7.13. The van der Waals surface area contributed by atoms with Crippen LogP contribution in [0.3, 0.4) is 0 Å². The van der Waals surface area contributed by atoms with Gasteiger partial charge in [0.25, 0.3) is 0 Å². The molecule has 0 aromatic heterocycles. The summed E-state index contributed by atoms with van der Waals surface area (Å²) in [5.41, 5.74) is 1.45. The molecule has 0 spiro atoms. The van der Waals surface area contributed by atoms with Crippen LogP contribution in [-0.4, -0.2) is 37.1 Å². The third-order valence-electron chi connectivity index (χ3n) is 5.33. The van der Waals surface area contributed by atoms with Gasteiger partial charge in [0.1, 0.15) is 0 Å². The van der Waals surface area contributed by atoms with Crippen LogP contribution in [0.5, 0.6) is 0 Å². The lowest BCUT2D eigenvalue weighted by Crippen LogP contribution is -2.44. The largest absolute Gasteiger partial charge is 0.314 e. The molecule has 116 valence electrons. The number of hydrogen-bond donors (Lipinski definition) is 1. The molecule has 3 rings (SSSR count). The van der Waals surface area contributed by atoms with Crippen molar-refractivity contribution in [2.24, 2.45) is 5.92 Å². The van der Waals surface area contributed by atoms with Crippen LogP contribution in [0.1, 0.15) is 44.1 Å². The third-order valence-corrected chi connectivity index (χ3v) is 5.58. The van der Waals surface area contributed by atoms with Gasteiger partial charge < -0.3 is 10.2 Å². The Balaban J connectivity index is 1.35. The first kappa shape index (κ1) is 15.3. The van der Waals surface area contributed by atoms with E-state index in [1.54, 1.807) is 0 Å². The summed E-state index contributed by atoms with van der Waals surface area (Å²) in [4.78, 5) is 2.57. The maximum Gasteiger partial charge on any atom is 0.0406 e. The molecule has 2 fully saturated rings. The molecule has 21 heavy (non-hydrogen) atoms. The van der Waals surface area contributed by atoms with Crippen LogP contribution in [0.25, 0.3) is 0 Å². The minimum absolute atomic E-state index is 0.731. The minimum atomic E-state index is 0.731. The zero-order valence-electron chi connectivity index (χ0n) is 13.0. The van der Waals surface area contributed by atoms with Crippen molar-refractivity contribution in [1.29, 1.82) is 0 Å². The number of rotatable bonds is 5. The van der Waals surface area contributed by atoms with E-state index < -0.39 is 0 Å². The van der Waals surface area contributed by atoms with Crippen molar-refractivity contribution in [3.05, 3.63) is 34.9 Å². The first-order valence-electron chi connectivity index (χ1n) is 8.45. The molecule has 1 aliphatic heterocycles. The summed E-state index contributed by atoms with van der Waals surface area (Å²) in [6.45, 7) is 7.28. The van der Waals surface area contributed by atoms with E-state index in [0.29, 0.717) is 0 Å². The highest BCUT2D eigenvalue weighted by Crippen LogP contribution is 2.37. The lowest BCUT2D eigenvalue weighted by atomic mass is 9.75. The predicted octanol–water partition coefficient (Wildman–Crippen LogP) is 3.91. The van der Waals surface area contributed by atoms with Crippen LogP contribution in [0.15, 0.2) is 24.3 Å². The summed E-state index contributed by atoms with van der Waals surface area (Å²) in [7, 11) is 0. The molecule has 3 heteroatoms. The molecule has 1 saturated carbocycles. The second-order valence-electron chi connectivity index (χ2n) is 6.70. The quantitative estimate of drug-likeness (QED) is 0.887. The highest BCUT2D eigenvalue weighted by Gasteiger charge is 2.30. The lowest BCUT2D eigenvalue weighted by Gasteiger charge is -2.38. The smallest absolute Gasteiger partial charge is 0.0406 e. The Labute approximate surface area is 133 Å². The van der Waals surface area contributed by atoms with Crippen LogP contribution in [0.2, 0.25) is 5.02 Å². The van der Waals surface area contributed by atoms with Gasteiger partial charge in [-0.2, -0.15) is 0 Å². The van der Waals surface area contributed by atoms with E-state index in [9.17, 15) is 0 Å². The molecule has 1 heterocycles. The fourth-order valence-electron chi connectivity index (χ4n) is 3.63. The van der Waals surface area contributed by atoms with E-state index in [4.69, 9.17) is 11.6 Å². The van der Waals surface area contributed by atoms with Crippen molar-refractivity contribution in [2.75, 3.05) is 26.2 Å². The molecule has 2 aliphatic rings. The molecular weight excluding hydrogens is 280 g/mol. The molecule has 0 atom stereocenters. The molecule has 1 saturated heterocycles. The van der Waals surface area contributed by atoms with E-state index >= 15 is 0 Å². The Morgan fingerprint density at radius 1 is 1.14 bits per heavy atom. The average molecular weight is 307 g/mol. The monoisotopic (exact) mass is 306 g/mol. The maximum atomic E-state index is 5.95. The summed E-state index contributed by atoms with van der Waals surface area (Å²) in [5.74, 6) is 1.63. The standard InChI is InChI=1S/C18H27ClN2/c1-2-21-9-7-14(8-10-21)13-20-18-11-16(12-18)15-3-5-17(19)6-4-15/h3-6,14,16,18,20H,2,7-13H2,1H3. The first-order valence-corrected chi connectivity index (χ1v) is 8.83. The number of halogens is 1. The average Bonchev–Trinajstić information content (AvgIpc) is 2.48. The van der Waals surface area contributed by atoms with Crippen molar-refractivity contribution < 1.29 is 0 Å². The Morgan fingerprint density at radius 2 is 1.81 bits per heavy atom. The van der Waals surface area contributed by atoms with Crippen LogP contribution < -0.4 is 5.32 Å². The number of piperidine rings is 1. The molecular formula is C18H27ClN2. The highest BCUT2D eigenvalue weighted by atomic mass is 35.5.